The minimum Gasteiger partial charge on any atom is -0.355 e. The number of hydrogen-bond donors (Lipinski definition) is 1. The van der Waals surface area contributed by atoms with Crippen molar-refractivity contribution < 1.29 is 4.79 Å². The van der Waals surface area contributed by atoms with Crippen molar-refractivity contribution in [3.05, 3.63) is 36.2 Å². The zero-order chi connectivity index (χ0) is 8.97. The summed E-state index contributed by atoms with van der Waals surface area (Å²) in [6.45, 7) is 3.56. The summed E-state index contributed by atoms with van der Waals surface area (Å²) in [5, 5.41) is 2.51. The lowest BCUT2D eigenvalue weighted by molar-refractivity contribution is 0.0963. The van der Waals surface area contributed by atoms with Gasteiger partial charge in [-0.05, 0) is 18.2 Å². The van der Waals surface area contributed by atoms with Crippen molar-refractivity contribution in [3.63, 3.8) is 0 Å². The Morgan fingerprint density at radius 1 is 1.67 bits per heavy atom. The maximum absolute atomic E-state index is 11.0. The Kier molecular flexibility index (Phi) is 2.58. The van der Waals surface area contributed by atoms with Crippen LogP contribution in [0.5, 0.6) is 0 Å². The molecule has 1 aromatic heterocycles. The highest BCUT2D eigenvalue weighted by Crippen LogP contribution is 2.00. The van der Waals surface area contributed by atoms with Crippen molar-refractivity contribution in [1.29, 1.82) is 0 Å². The van der Waals surface area contributed by atoms with E-state index in [9.17, 15) is 4.79 Å². The van der Waals surface area contributed by atoms with Gasteiger partial charge in [0.1, 0.15) is 0 Å². The fraction of sp³-hybridized carbons (Fsp3) is 0.111. The van der Waals surface area contributed by atoms with Gasteiger partial charge in [0.05, 0.1) is 11.3 Å². The van der Waals surface area contributed by atoms with Crippen LogP contribution < -0.4 is 5.32 Å². The first-order valence-electron chi connectivity index (χ1n) is 3.58. The molecule has 62 valence electrons. The monoisotopic (exact) mass is 162 g/mol. The van der Waals surface area contributed by atoms with Gasteiger partial charge >= 0.3 is 0 Å². The fourth-order valence-electron chi connectivity index (χ4n) is 0.805. The van der Waals surface area contributed by atoms with Gasteiger partial charge in [-0.2, -0.15) is 0 Å². The first-order valence-corrected chi connectivity index (χ1v) is 3.58. The van der Waals surface area contributed by atoms with Crippen molar-refractivity contribution in [2.24, 2.45) is 0 Å². The van der Waals surface area contributed by atoms with Gasteiger partial charge in [0, 0.05) is 13.2 Å². The second-order valence-electron chi connectivity index (χ2n) is 2.25. The third kappa shape index (κ3) is 1.69. The van der Waals surface area contributed by atoms with Crippen molar-refractivity contribution >= 4 is 12.0 Å². The van der Waals surface area contributed by atoms with Gasteiger partial charge in [-0.15, -0.1) is 0 Å². The molecule has 0 saturated carbocycles. The Hall–Kier alpha value is -1.64. The minimum absolute atomic E-state index is 0.127. The maximum Gasteiger partial charge on any atom is 0.252 e. The molecule has 1 aromatic rings. The molecule has 0 unspecified atom stereocenters. The van der Waals surface area contributed by atoms with Crippen LogP contribution >= 0.6 is 0 Å². The second-order valence-corrected chi connectivity index (χ2v) is 2.25. The van der Waals surface area contributed by atoms with Gasteiger partial charge in [-0.1, -0.05) is 6.58 Å². The number of nitrogens with one attached hydrogen (secondary N) is 1. The van der Waals surface area contributed by atoms with Gasteiger partial charge in [0.2, 0.25) is 0 Å². The average Bonchev–Trinajstić information content (AvgIpc) is 2.17. The van der Waals surface area contributed by atoms with E-state index >= 15 is 0 Å². The van der Waals surface area contributed by atoms with Crippen molar-refractivity contribution in [3.8, 4) is 0 Å². The van der Waals surface area contributed by atoms with Crippen LogP contribution in [0.25, 0.3) is 6.08 Å². The fourth-order valence-corrected chi connectivity index (χ4v) is 0.805. The van der Waals surface area contributed by atoms with Gasteiger partial charge in [0.25, 0.3) is 5.91 Å². The van der Waals surface area contributed by atoms with Crippen LogP contribution in [-0.2, 0) is 0 Å². The van der Waals surface area contributed by atoms with E-state index in [1.54, 1.807) is 25.3 Å². The number of aromatic nitrogens is 1. The number of carbonyl (C=O) groups is 1. The van der Waals surface area contributed by atoms with E-state index in [0.717, 1.165) is 5.69 Å². The van der Waals surface area contributed by atoms with Crippen LogP contribution in [0.2, 0.25) is 0 Å². The SMILES string of the molecule is C=Cc1ccc(C(=O)NC)cn1. The van der Waals surface area contributed by atoms with Crippen LogP contribution in [0.1, 0.15) is 16.1 Å². The number of amides is 1. The van der Waals surface area contributed by atoms with Crippen LogP contribution in [0, 0.1) is 0 Å². The van der Waals surface area contributed by atoms with E-state index < -0.39 is 0 Å². The summed E-state index contributed by atoms with van der Waals surface area (Å²) >= 11 is 0. The Labute approximate surface area is 71.1 Å². The van der Waals surface area contributed by atoms with E-state index in [1.807, 2.05) is 0 Å². The highest BCUT2D eigenvalue weighted by atomic mass is 16.1. The van der Waals surface area contributed by atoms with Crippen LogP contribution in [0.3, 0.4) is 0 Å². The lowest BCUT2D eigenvalue weighted by atomic mass is 10.2. The molecule has 3 nitrogen and oxygen atoms in total. The molecule has 0 atom stereocenters. The molecule has 0 aliphatic rings. The molecular weight excluding hydrogens is 152 g/mol. The highest BCUT2D eigenvalue weighted by Gasteiger charge is 2.01. The Morgan fingerprint density at radius 2 is 2.42 bits per heavy atom. The molecule has 0 bridgehead atoms. The Balaban J connectivity index is 2.91. The first-order chi connectivity index (χ1) is 5.77. The first kappa shape index (κ1) is 8.46. The summed E-state index contributed by atoms with van der Waals surface area (Å²) in [4.78, 5) is 15.0. The maximum atomic E-state index is 11.0. The van der Waals surface area contributed by atoms with Crippen molar-refractivity contribution in [2.45, 2.75) is 0 Å². The molecule has 1 amide bonds. The second kappa shape index (κ2) is 3.67. The zero-order valence-electron chi connectivity index (χ0n) is 6.87. The summed E-state index contributed by atoms with van der Waals surface area (Å²) in [6.07, 6.45) is 3.16. The van der Waals surface area contributed by atoms with Crippen LogP contribution in [-0.4, -0.2) is 17.9 Å². The molecule has 0 aliphatic heterocycles. The molecule has 0 fully saturated rings. The van der Waals surface area contributed by atoms with Gasteiger partial charge < -0.3 is 5.32 Å². The van der Waals surface area contributed by atoms with Crippen molar-refractivity contribution in [2.75, 3.05) is 7.05 Å². The van der Waals surface area contributed by atoms with E-state index in [2.05, 4.69) is 16.9 Å². The van der Waals surface area contributed by atoms with E-state index in [4.69, 9.17) is 0 Å². The van der Waals surface area contributed by atoms with E-state index in [-0.39, 0.29) is 5.91 Å². The Bertz CT molecular complexity index is 290. The lowest BCUT2D eigenvalue weighted by Crippen LogP contribution is -2.17. The minimum atomic E-state index is -0.127. The number of pyridine rings is 1. The van der Waals surface area contributed by atoms with Crippen molar-refractivity contribution in [1.82, 2.24) is 10.3 Å². The average molecular weight is 162 g/mol. The van der Waals surface area contributed by atoms with Gasteiger partial charge in [-0.3, -0.25) is 9.78 Å². The largest absolute Gasteiger partial charge is 0.355 e. The standard InChI is InChI=1S/C9H10N2O/c1-3-8-5-4-7(6-11-8)9(12)10-2/h3-6H,1H2,2H3,(H,10,12). The molecule has 0 spiro atoms. The zero-order valence-corrected chi connectivity index (χ0v) is 6.87. The summed E-state index contributed by atoms with van der Waals surface area (Å²) < 4.78 is 0. The molecule has 0 aromatic carbocycles. The third-order valence-electron chi connectivity index (χ3n) is 1.48. The van der Waals surface area contributed by atoms with Crippen LogP contribution in [0.15, 0.2) is 24.9 Å². The summed E-state index contributed by atoms with van der Waals surface area (Å²) in [6, 6.07) is 3.46. The number of hydrogen-bond acceptors (Lipinski definition) is 2. The van der Waals surface area contributed by atoms with Gasteiger partial charge in [0.15, 0.2) is 0 Å². The molecule has 12 heavy (non-hydrogen) atoms. The number of nitrogens with zero attached hydrogens (tertiary/aromatic N) is 1. The number of rotatable bonds is 2. The predicted molar refractivity (Wildman–Crippen MR) is 47.7 cm³/mol. The molecule has 0 aliphatic carbocycles. The van der Waals surface area contributed by atoms with Gasteiger partial charge in [-0.25, -0.2) is 0 Å². The summed E-state index contributed by atoms with van der Waals surface area (Å²) in [5.41, 5.74) is 1.32. The molecule has 1 N–H and O–H groups in total. The third-order valence-corrected chi connectivity index (χ3v) is 1.48. The van der Waals surface area contributed by atoms with E-state index in [0.29, 0.717) is 5.56 Å². The summed E-state index contributed by atoms with van der Waals surface area (Å²) in [7, 11) is 1.59. The van der Waals surface area contributed by atoms with Crippen LogP contribution in [0.4, 0.5) is 0 Å². The quantitative estimate of drug-likeness (QED) is 0.707. The lowest BCUT2D eigenvalue weighted by Gasteiger charge is -1.98. The summed E-state index contributed by atoms with van der Waals surface area (Å²) in [5.74, 6) is -0.127. The Morgan fingerprint density at radius 3 is 2.83 bits per heavy atom. The predicted octanol–water partition coefficient (Wildman–Crippen LogP) is 1.08. The molecule has 1 heterocycles. The normalized spacial score (nSPS) is 9.08. The molecule has 3 heteroatoms. The van der Waals surface area contributed by atoms with E-state index in [1.165, 1.54) is 6.20 Å². The highest BCUT2D eigenvalue weighted by molar-refractivity contribution is 5.93. The molecule has 0 radical (unpaired) electrons. The topological polar surface area (TPSA) is 42.0 Å². The number of carbonyl (C=O) groups excluding carboxylic acids is 1. The molecule has 0 saturated heterocycles. The molecule has 1 rings (SSSR count). The smallest absolute Gasteiger partial charge is 0.252 e. The molecular formula is C9H10N2O.